The number of benzene rings is 2. The molecular formula is C24H18N4O. The fraction of sp³-hybridized carbons (Fsp3) is 0.0833. The van der Waals surface area contributed by atoms with E-state index in [-0.39, 0.29) is 5.91 Å². The molecular weight excluding hydrogens is 360 g/mol. The molecule has 0 bridgehead atoms. The maximum absolute atomic E-state index is 12.7. The van der Waals surface area contributed by atoms with Crippen LogP contribution in [0.3, 0.4) is 0 Å². The summed E-state index contributed by atoms with van der Waals surface area (Å²) in [6, 6.07) is 18.3. The average Bonchev–Trinajstić information content (AvgIpc) is 2.74. The van der Waals surface area contributed by atoms with Crippen LogP contribution in [0.1, 0.15) is 33.0 Å². The standard InChI is InChI=1S/C24H18N4O/c1-16-17(2)27-23-15-19(10-12-22(23)26-16)24(29)28-21-8-5-6-18(14-21)9-11-20-7-3-4-13-25-20/h3-8,10,12-15H,1-2H3,(H,28,29). The topological polar surface area (TPSA) is 67.8 Å². The molecule has 2 aromatic carbocycles. The summed E-state index contributed by atoms with van der Waals surface area (Å²) in [5, 5.41) is 2.92. The van der Waals surface area contributed by atoms with Crippen LogP contribution in [-0.2, 0) is 0 Å². The Morgan fingerprint density at radius 3 is 2.48 bits per heavy atom. The summed E-state index contributed by atoms with van der Waals surface area (Å²) in [7, 11) is 0. The number of pyridine rings is 1. The molecule has 29 heavy (non-hydrogen) atoms. The number of anilines is 1. The summed E-state index contributed by atoms with van der Waals surface area (Å²) in [5.41, 5.74) is 5.92. The Morgan fingerprint density at radius 2 is 1.69 bits per heavy atom. The molecule has 1 amide bonds. The second-order valence-corrected chi connectivity index (χ2v) is 6.60. The highest BCUT2D eigenvalue weighted by molar-refractivity contribution is 6.05. The lowest BCUT2D eigenvalue weighted by Gasteiger charge is -2.07. The summed E-state index contributed by atoms with van der Waals surface area (Å²) >= 11 is 0. The van der Waals surface area contributed by atoms with Gasteiger partial charge in [-0.2, -0.15) is 0 Å². The third-order valence-electron chi connectivity index (χ3n) is 4.46. The normalized spacial score (nSPS) is 10.3. The van der Waals surface area contributed by atoms with E-state index in [1.54, 1.807) is 18.3 Å². The van der Waals surface area contributed by atoms with Gasteiger partial charge in [-0.05, 0) is 68.3 Å². The van der Waals surface area contributed by atoms with Crippen molar-refractivity contribution in [2.45, 2.75) is 13.8 Å². The van der Waals surface area contributed by atoms with E-state index in [9.17, 15) is 4.79 Å². The number of carbonyl (C=O) groups is 1. The fourth-order valence-corrected chi connectivity index (χ4v) is 2.82. The minimum Gasteiger partial charge on any atom is -0.322 e. The third-order valence-corrected chi connectivity index (χ3v) is 4.46. The van der Waals surface area contributed by atoms with Crippen molar-refractivity contribution < 1.29 is 4.79 Å². The fourth-order valence-electron chi connectivity index (χ4n) is 2.82. The molecule has 5 nitrogen and oxygen atoms in total. The monoisotopic (exact) mass is 378 g/mol. The van der Waals surface area contributed by atoms with Crippen molar-refractivity contribution in [2.24, 2.45) is 0 Å². The zero-order valence-electron chi connectivity index (χ0n) is 16.1. The number of aryl methyl sites for hydroxylation is 2. The largest absolute Gasteiger partial charge is 0.322 e. The molecule has 4 aromatic rings. The van der Waals surface area contributed by atoms with Gasteiger partial charge < -0.3 is 5.32 Å². The van der Waals surface area contributed by atoms with E-state index in [4.69, 9.17) is 0 Å². The second kappa shape index (κ2) is 7.91. The van der Waals surface area contributed by atoms with Crippen LogP contribution in [0.4, 0.5) is 5.69 Å². The molecule has 0 aliphatic heterocycles. The minimum absolute atomic E-state index is 0.207. The predicted octanol–water partition coefficient (Wildman–Crippen LogP) is 4.29. The number of hydrogen-bond acceptors (Lipinski definition) is 4. The number of nitrogens with one attached hydrogen (secondary N) is 1. The Morgan fingerprint density at radius 1 is 0.862 bits per heavy atom. The number of hydrogen-bond donors (Lipinski definition) is 1. The highest BCUT2D eigenvalue weighted by Crippen LogP contribution is 2.17. The van der Waals surface area contributed by atoms with Gasteiger partial charge in [-0.25, -0.2) is 15.0 Å². The van der Waals surface area contributed by atoms with E-state index in [0.29, 0.717) is 22.5 Å². The number of amides is 1. The first-order chi connectivity index (χ1) is 14.1. The van der Waals surface area contributed by atoms with Crippen molar-refractivity contribution in [3.05, 3.63) is 95.1 Å². The molecule has 0 saturated carbocycles. The lowest BCUT2D eigenvalue weighted by molar-refractivity contribution is 0.102. The lowest BCUT2D eigenvalue weighted by atomic mass is 10.1. The molecule has 0 fully saturated rings. The molecule has 0 saturated heterocycles. The lowest BCUT2D eigenvalue weighted by Crippen LogP contribution is -2.12. The molecule has 4 rings (SSSR count). The molecule has 2 aromatic heterocycles. The van der Waals surface area contributed by atoms with Crippen LogP contribution >= 0.6 is 0 Å². The molecule has 2 heterocycles. The maximum atomic E-state index is 12.7. The van der Waals surface area contributed by atoms with Crippen LogP contribution < -0.4 is 5.32 Å². The van der Waals surface area contributed by atoms with E-state index < -0.39 is 0 Å². The van der Waals surface area contributed by atoms with Crippen molar-refractivity contribution in [1.29, 1.82) is 0 Å². The van der Waals surface area contributed by atoms with Crippen molar-refractivity contribution in [3.8, 4) is 11.8 Å². The smallest absolute Gasteiger partial charge is 0.255 e. The summed E-state index contributed by atoms with van der Waals surface area (Å²) in [4.78, 5) is 25.9. The van der Waals surface area contributed by atoms with E-state index in [1.165, 1.54) is 0 Å². The molecule has 0 radical (unpaired) electrons. The summed E-state index contributed by atoms with van der Waals surface area (Å²) in [6.45, 7) is 3.83. The second-order valence-electron chi connectivity index (χ2n) is 6.60. The number of fused-ring (bicyclic) bond motifs is 1. The van der Waals surface area contributed by atoms with Gasteiger partial charge in [0.05, 0.1) is 22.4 Å². The van der Waals surface area contributed by atoms with Gasteiger partial charge in [-0.3, -0.25) is 4.79 Å². The van der Waals surface area contributed by atoms with Gasteiger partial charge in [-0.1, -0.05) is 18.1 Å². The van der Waals surface area contributed by atoms with Crippen molar-refractivity contribution in [3.63, 3.8) is 0 Å². The quantitative estimate of drug-likeness (QED) is 0.528. The van der Waals surface area contributed by atoms with Gasteiger partial charge >= 0.3 is 0 Å². The van der Waals surface area contributed by atoms with Crippen molar-refractivity contribution in [2.75, 3.05) is 5.32 Å². The van der Waals surface area contributed by atoms with Gasteiger partial charge in [0.25, 0.3) is 5.91 Å². The zero-order valence-corrected chi connectivity index (χ0v) is 16.1. The Labute approximate surface area is 168 Å². The molecule has 5 heteroatoms. The van der Waals surface area contributed by atoms with E-state index in [2.05, 4.69) is 32.1 Å². The molecule has 0 spiro atoms. The predicted molar refractivity (Wildman–Crippen MR) is 114 cm³/mol. The Balaban J connectivity index is 1.55. The first-order valence-electron chi connectivity index (χ1n) is 9.18. The molecule has 0 unspecified atom stereocenters. The molecule has 0 aliphatic rings. The Kier molecular flexibility index (Phi) is 5.00. The van der Waals surface area contributed by atoms with Crippen LogP contribution in [0.5, 0.6) is 0 Å². The third kappa shape index (κ3) is 4.28. The van der Waals surface area contributed by atoms with Gasteiger partial charge in [0, 0.05) is 23.0 Å². The van der Waals surface area contributed by atoms with Gasteiger partial charge in [0.15, 0.2) is 0 Å². The van der Waals surface area contributed by atoms with Crippen molar-refractivity contribution in [1.82, 2.24) is 15.0 Å². The highest BCUT2D eigenvalue weighted by Gasteiger charge is 2.09. The summed E-state index contributed by atoms with van der Waals surface area (Å²) in [5.74, 6) is 5.88. The van der Waals surface area contributed by atoms with Crippen LogP contribution in [0.25, 0.3) is 11.0 Å². The van der Waals surface area contributed by atoms with Gasteiger partial charge in [-0.15, -0.1) is 0 Å². The van der Waals surface area contributed by atoms with Crippen LogP contribution in [0, 0.1) is 25.7 Å². The van der Waals surface area contributed by atoms with Crippen LogP contribution in [0.15, 0.2) is 66.9 Å². The van der Waals surface area contributed by atoms with Crippen molar-refractivity contribution >= 4 is 22.6 Å². The number of carbonyl (C=O) groups excluding carboxylic acids is 1. The number of nitrogens with zero attached hydrogens (tertiary/aromatic N) is 3. The molecule has 0 atom stereocenters. The minimum atomic E-state index is -0.207. The molecule has 0 aliphatic carbocycles. The van der Waals surface area contributed by atoms with E-state index in [0.717, 1.165) is 22.5 Å². The van der Waals surface area contributed by atoms with E-state index in [1.807, 2.05) is 62.4 Å². The molecule has 140 valence electrons. The van der Waals surface area contributed by atoms with Gasteiger partial charge in [0.2, 0.25) is 0 Å². The van der Waals surface area contributed by atoms with Gasteiger partial charge in [0.1, 0.15) is 5.69 Å². The summed E-state index contributed by atoms with van der Waals surface area (Å²) in [6.07, 6.45) is 1.71. The first-order valence-corrected chi connectivity index (χ1v) is 9.18. The number of aromatic nitrogens is 3. The first kappa shape index (κ1) is 18.3. The Hall–Kier alpha value is -4.04. The van der Waals surface area contributed by atoms with Crippen LogP contribution in [0.2, 0.25) is 0 Å². The number of rotatable bonds is 2. The highest BCUT2D eigenvalue weighted by atomic mass is 16.1. The van der Waals surface area contributed by atoms with Crippen LogP contribution in [-0.4, -0.2) is 20.9 Å². The SMILES string of the molecule is Cc1nc2ccc(C(=O)Nc3cccc(C#Cc4ccccn4)c3)cc2nc1C. The average molecular weight is 378 g/mol. The summed E-state index contributed by atoms with van der Waals surface area (Å²) < 4.78 is 0. The zero-order chi connectivity index (χ0) is 20.2. The molecule has 1 N–H and O–H groups in total. The maximum Gasteiger partial charge on any atom is 0.255 e. The van der Waals surface area contributed by atoms with E-state index >= 15 is 0 Å². The Bertz CT molecular complexity index is 1270.